The fourth-order valence-electron chi connectivity index (χ4n) is 0.970. The number of amides is 1. The van der Waals surface area contributed by atoms with Crippen molar-refractivity contribution in [2.45, 2.75) is 12.8 Å². The largest absolute Gasteiger partial charge is 0.346 e. The van der Waals surface area contributed by atoms with Gasteiger partial charge in [0.1, 0.15) is 0 Å². The molecule has 0 saturated heterocycles. The topological polar surface area (TPSA) is 55.1 Å². The van der Waals surface area contributed by atoms with Crippen LogP contribution in [0.4, 0.5) is 8.78 Å². The van der Waals surface area contributed by atoms with E-state index in [1.807, 2.05) is 0 Å². The predicted octanol–water partition coefficient (Wildman–Crippen LogP) is 1.80. The Kier molecular flexibility index (Phi) is 5.85. The summed E-state index contributed by atoms with van der Waals surface area (Å²) in [7, 11) is 0. The van der Waals surface area contributed by atoms with E-state index in [4.69, 9.17) is 5.73 Å². The van der Waals surface area contributed by atoms with Gasteiger partial charge in [0.05, 0.1) is 18.7 Å². The molecular formula is C9H13ClF2N2OS. The maximum absolute atomic E-state index is 12.7. The second-order valence-corrected chi connectivity index (χ2v) is 3.95. The van der Waals surface area contributed by atoms with Crippen molar-refractivity contribution in [3.8, 4) is 0 Å². The van der Waals surface area contributed by atoms with E-state index in [2.05, 4.69) is 5.32 Å². The summed E-state index contributed by atoms with van der Waals surface area (Å²) in [4.78, 5) is 11.4. The van der Waals surface area contributed by atoms with Gasteiger partial charge in [-0.2, -0.15) is 11.3 Å². The zero-order valence-electron chi connectivity index (χ0n) is 8.63. The summed E-state index contributed by atoms with van der Waals surface area (Å²) in [5.74, 6) is -3.53. The minimum Gasteiger partial charge on any atom is -0.346 e. The molecule has 0 saturated carbocycles. The van der Waals surface area contributed by atoms with Gasteiger partial charge in [0, 0.05) is 5.38 Å². The van der Waals surface area contributed by atoms with E-state index >= 15 is 0 Å². The number of hydrogen-bond acceptors (Lipinski definition) is 3. The lowest BCUT2D eigenvalue weighted by atomic mass is 10.2. The van der Waals surface area contributed by atoms with Gasteiger partial charge in [0.25, 0.3) is 11.8 Å². The standard InChI is InChI=1S/C9H12F2N2OS.ClH/c1-6-2-15-3-7(6)8(14)13-5-9(10,11)4-12;/h2-3H,4-5,12H2,1H3,(H,13,14);1H. The van der Waals surface area contributed by atoms with Gasteiger partial charge in [-0.3, -0.25) is 4.79 Å². The highest BCUT2D eigenvalue weighted by molar-refractivity contribution is 7.08. The van der Waals surface area contributed by atoms with Crippen molar-refractivity contribution in [3.05, 3.63) is 21.9 Å². The van der Waals surface area contributed by atoms with Crippen LogP contribution >= 0.6 is 23.7 Å². The maximum atomic E-state index is 12.7. The van der Waals surface area contributed by atoms with Gasteiger partial charge in [-0.1, -0.05) is 0 Å². The number of carbonyl (C=O) groups is 1. The van der Waals surface area contributed by atoms with Crippen LogP contribution < -0.4 is 11.1 Å². The molecule has 7 heteroatoms. The second-order valence-electron chi connectivity index (χ2n) is 3.21. The first-order chi connectivity index (χ1) is 6.96. The lowest BCUT2D eigenvalue weighted by Gasteiger charge is -2.14. The van der Waals surface area contributed by atoms with Gasteiger partial charge in [-0.25, -0.2) is 8.78 Å². The number of thiophene rings is 1. The van der Waals surface area contributed by atoms with Crippen LogP contribution in [0.25, 0.3) is 0 Å². The smallest absolute Gasteiger partial charge is 0.277 e. The Morgan fingerprint density at radius 3 is 2.62 bits per heavy atom. The van der Waals surface area contributed by atoms with Crippen LogP contribution in [-0.4, -0.2) is 24.9 Å². The molecule has 3 nitrogen and oxygen atoms in total. The third-order valence-electron chi connectivity index (χ3n) is 1.91. The maximum Gasteiger partial charge on any atom is 0.277 e. The molecule has 0 atom stereocenters. The zero-order valence-corrected chi connectivity index (χ0v) is 10.3. The van der Waals surface area contributed by atoms with Crippen molar-refractivity contribution >= 4 is 29.7 Å². The minimum absolute atomic E-state index is 0. The molecule has 1 heterocycles. The van der Waals surface area contributed by atoms with E-state index in [-0.39, 0.29) is 12.4 Å². The fraction of sp³-hybridized carbons (Fsp3) is 0.444. The van der Waals surface area contributed by atoms with Crippen LogP contribution in [0.2, 0.25) is 0 Å². The SMILES string of the molecule is Cc1cscc1C(=O)NCC(F)(F)CN.Cl. The van der Waals surface area contributed by atoms with Crippen molar-refractivity contribution in [2.24, 2.45) is 5.73 Å². The Labute approximate surface area is 102 Å². The molecule has 1 aromatic rings. The molecule has 0 spiro atoms. The van der Waals surface area contributed by atoms with Gasteiger partial charge in [0.15, 0.2) is 0 Å². The summed E-state index contributed by atoms with van der Waals surface area (Å²) in [6, 6.07) is 0. The lowest BCUT2D eigenvalue weighted by Crippen LogP contribution is -2.41. The Morgan fingerprint density at radius 1 is 1.56 bits per heavy atom. The molecule has 1 aromatic heterocycles. The normalized spacial score (nSPS) is 10.8. The molecular weight excluding hydrogens is 258 g/mol. The van der Waals surface area contributed by atoms with E-state index in [9.17, 15) is 13.6 Å². The highest BCUT2D eigenvalue weighted by atomic mass is 35.5. The fourth-order valence-corrected chi connectivity index (χ4v) is 1.80. The number of nitrogens with two attached hydrogens (primary N) is 1. The molecule has 0 aliphatic rings. The third-order valence-corrected chi connectivity index (χ3v) is 2.77. The summed E-state index contributed by atoms with van der Waals surface area (Å²) in [6.07, 6.45) is 0. The Bertz CT molecular complexity index is 357. The van der Waals surface area contributed by atoms with Crippen molar-refractivity contribution < 1.29 is 13.6 Å². The summed E-state index contributed by atoms with van der Waals surface area (Å²) in [5.41, 5.74) is 6.07. The number of aryl methyl sites for hydroxylation is 1. The van der Waals surface area contributed by atoms with Gasteiger partial charge < -0.3 is 11.1 Å². The molecule has 16 heavy (non-hydrogen) atoms. The molecule has 92 valence electrons. The quantitative estimate of drug-likeness (QED) is 0.877. The van der Waals surface area contributed by atoms with Crippen molar-refractivity contribution in [3.63, 3.8) is 0 Å². The molecule has 0 aliphatic carbocycles. The minimum atomic E-state index is -3.04. The number of halogens is 3. The Hall–Kier alpha value is -0.720. The molecule has 3 N–H and O–H groups in total. The van der Waals surface area contributed by atoms with Crippen LogP contribution in [0.3, 0.4) is 0 Å². The molecule has 0 unspecified atom stereocenters. The van der Waals surface area contributed by atoms with Gasteiger partial charge in [-0.15, -0.1) is 12.4 Å². The molecule has 0 aliphatic heterocycles. The van der Waals surface area contributed by atoms with Crippen LogP contribution in [0, 0.1) is 6.92 Å². The van der Waals surface area contributed by atoms with E-state index in [1.54, 1.807) is 17.7 Å². The first kappa shape index (κ1) is 15.3. The van der Waals surface area contributed by atoms with Gasteiger partial charge in [-0.05, 0) is 17.9 Å². The molecule has 0 aromatic carbocycles. The average molecular weight is 271 g/mol. The van der Waals surface area contributed by atoms with Crippen LogP contribution in [-0.2, 0) is 0 Å². The van der Waals surface area contributed by atoms with Crippen molar-refractivity contribution in [2.75, 3.05) is 13.1 Å². The van der Waals surface area contributed by atoms with Crippen LogP contribution in [0.15, 0.2) is 10.8 Å². The zero-order chi connectivity index (χ0) is 11.5. The summed E-state index contributed by atoms with van der Waals surface area (Å²) < 4.78 is 25.4. The van der Waals surface area contributed by atoms with E-state index < -0.39 is 24.9 Å². The highest BCUT2D eigenvalue weighted by Gasteiger charge is 2.27. The number of nitrogens with one attached hydrogen (secondary N) is 1. The molecule has 1 amide bonds. The third kappa shape index (κ3) is 4.03. The van der Waals surface area contributed by atoms with Crippen molar-refractivity contribution in [1.82, 2.24) is 5.32 Å². The predicted molar refractivity (Wildman–Crippen MR) is 62.6 cm³/mol. The number of rotatable bonds is 4. The molecule has 0 bridgehead atoms. The summed E-state index contributed by atoms with van der Waals surface area (Å²) in [6.45, 7) is 0.264. The first-order valence-corrected chi connectivity index (χ1v) is 5.29. The van der Waals surface area contributed by atoms with Crippen LogP contribution in [0.1, 0.15) is 15.9 Å². The lowest BCUT2D eigenvalue weighted by molar-refractivity contribution is 0.0118. The Morgan fingerprint density at radius 2 is 2.19 bits per heavy atom. The monoisotopic (exact) mass is 270 g/mol. The van der Waals surface area contributed by atoms with Gasteiger partial charge in [0.2, 0.25) is 0 Å². The average Bonchev–Trinajstić information content (AvgIpc) is 2.61. The highest BCUT2D eigenvalue weighted by Crippen LogP contribution is 2.14. The molecule has 0 fully saturated rings. The summed E-state index contributed by atoms with van der Waals surface area (Å²) in [5, 5.41) is 5.57. The van der Waals surface area contributed by atoms with E-state index in [1.165, 1.54) is 11.3 Å². The number of alkyl halides is 2. The van der Waals surface area contributed by atoms with E-state index in [0.29, 0.717) is 5.56 Å². The van der Waals surface area contributed by atoms with Gasteiger partial charge >= 0.3 is 0 Å². The van der Waals surface area contributed by atoms with Crippen molar-refractivity contribution in [1.29, 1.82) is 0 Å². The summed E-state index contributed by atoms with van der Waals surface area (Å²) >= 11 is 1.36. The second kappa shape index (κ2) is 6.12. The number of hydrogen-bond donors (Lipinski definition) is 2. The van der Waals surface area contributed by atoms with E-state index in [0.717, 1.165) is 5.56 Å². The van der Waals surface area contributed by atoms with Crippen LogP contribution in [0.5, 0.6) is 0 Å². The Balaban J connectivity index is 0.00000225. The number of carbonyl (C=O) groups excluding carboxylic acids is 1. The molecule has 0 radical (unpaired) electrons. The first-order valence-electron chi connectivity index (χ1n) is 4.35. The molecule has 1 rings (SSSR count).